The lowest BCUT2D eigenvalue weighted by Crippen LogP contribution is -2.13. The van der Waals surface area contributed by atoms with Crippen molar-refractivity contribution < 1.29 is 14.2 Å². The van der Waals surface area contributed by atoms with E-state index in [0.717, 1.165) is 27.4 Å². The fourth-order valence-corrected chi connectivity index (χ4v) is 3.89. The number of halogens is 2. The van der Waals surface area contributed by atoms with Crippen molar-refractivity contribution in [2.75, 3.05) is 27.1 Å². The van der Waals surface area contributed by atoms with Crippen molar-refractivity contribution in [2.24, 2.45) is 10.1 Å². The molecule has 2 aromatic carbocycles. The second-order valence-corrected chi connectivity index (χ2v) is 7.73. The first kappa shape index (κ1) is 20.0. The van der Waals surface area contributed by atoms with Gasteiger partial charge in [-0.05, 0) is 35.9 Å². The van der Waals surface area contributed by atoms with Crippen molar-refractivity contribution in [2.45, 2.75) is 0 Å². The quantitative estimate of drug-likeness (QED) is 0.405. The predicted octanol–water partition coefficient (Wildman–Crippen LogP) is 4.68. The molecule has 0 spiro atoms. The zero-order valence-electron chi connectivity index (χ0n) is 15.5. The summed E-state index contributed by atoms with van der Waals surface area (Å²) in [5.41, 5.74) is 2.64. The van der Waals surface area contributed by atoms with Gasteiger partial charge in [0.05, 0.1) is 35.1 Å². The SMILES string of the molecule is COCCN=c1scc(-c2ccc(Cl)c(Cl)c2)n1/N=C/c1ccc2c(c1)OCO2. The van der Waals surface area contributed by atoms with E-state index in [9.17, 15) is 0 Å². The largest absolute Gasteiger partial charge is 0.454 e. The fourth-order valence-electron chi connectivity index (χ4n) is 2.72. The molecule has 0 unspecified atom stereocenters. The number of hydrogen-bond acceptors (Lipinski definition) is 6. The topological polar surface area (TPSA) is 57.3 Å². The number of fused-ring (bicyclic) bond motifs is 1. The third-order valence-electron chi connectivity index (χ3n) is 4.16. The molecule has 0 N–H and O–H groups in total. The monoisotopic (exact) mass is 449 g/mol. The molecule has 0 amide bonds. The maximum atomic E-state index is 6.21. The van der Waals surface area contributed by atoms with Gasteiger partial charge in [-0.2, -0.15) is 5.10 Å². The summed E-state index contributed by atoms with van der Waals surface area (Å²) >= 11 is 13.8. The highest BCUT2D eigenvalue weighted by Gasteiger charge is 2.13. The average Bonchev–Trinajstić information content (AvgIpc) is 3.35. The number of benzene rings is 2. The summed E-state index contributed by atoms with van der Waals surface area (Å²) in [4.78, 5) is 5.34. The number of thiazole rings is 1. The summed E-state index contributed by atoms with van der Waals surface area (Å²) < 4.78 is 17.7. The molecule has 4 rings (SSSR count). The summed E-state index contributed by atoms with van der Waals surface area (Å²) in [7, 11) is 1.65. The van der Waals surface area contributed by atoms with Crippen molar-refractivity contribution in [3.8, 4) is 22.8 Å². The number of hydrogen-bond donors (Lipinski definition) is 0. The number of nitrogens with zero attached hydrogens (tertiary/aromatic N) is 3. The van der Waals surface area contributed by atoms with Gasteiger partial charge in [0.25, 0.3) is 0 Å². The Morgan fingerprint density at radius 1 is 1.14 bits per heavy atom. The van der Waals surface area contributed by atoms with Crippen molar-refractivity contribution in [3.63, 3.8) is 0 Å². The van der Waals surface area contributed by atoms with Crippen LogP contribution in [-0.4, -0.2) is 37.9 Å². The Bertz CT molecular complexity index is 1120. The van der Waals surface area contributed by atoms with Gasteiger partial charge in [-0.15, -0.1) is 11.3 Å². The van der Waals surface area contributed by atoms with Crippen LogP contribution in [0.2, 0.25) is 10.0 Å². The molecule has 1 aliphatic rings. The van der Waals surface area contributed by atoms with Gasteiger partial charge in [0.15, 0.2) is 11.5 Å². The van der Waals surface area contributed by atoms with Gasteiger partial charge >= 0.3 is 0 Å². The van der Waals surface area contributed by atoms with E-state index in [1.54, 1.807) is 24.1 Å². The number of ether oxygens (including phenoxy) is 3. The summed E-state index contributed by atoms with van der Waals surface area (Å²) in [6.07, 6.45) is 1.76. The lowest BCUT2D eigenvalue weighted by atomic mass is 10.2. The number of aromatic nitrogens is 1. The van der Waals surface area contributed by atoms with Gasteiger partial charge in [-0.3, -0.25) is 4.99 Å². The Balaban J connectivity index is 1.73. The van der Waals surface area contributed by atoms with Gasteiger partial charge in [-0.25, -0.2) is 4.68 Å². The minimum Gasteiger partial charge on any atom is -0.454 e. The first-order valence-electron chi connectivity index (χ1n) is 8.75. The third kappa shape index (κ3) is 4.48. The Hall–Kier alpha value is -2.32. The van der Waals surface area contributed by atoms with Crippen molar-refractivity contribution in [1.82, 2.24) is 4.68 Å². The summed E-state index contributed by atoms with van der Waals surface area (Å²) in [6, 6.07) is 11.2. The second-order valence-electron chi connectivity index (χ2n) is 6.08. The van der Waals surface area contributed by atoms with Crippen LogP contribution in [0.25, 0.3) is 11.3 Å². The molecule has 0 saturated carbocycles. The van der Waals surface area contributed by atoms with E-state index < -0.39 is 0 Å². The first-order valence-corrected chi connectivity index (χ1v) is 10.4. The van der Waals surface area contributed by atoms with Crippen LogP contribution < -0.4 is 14.3 Å². The molecule has 3 aromatic rings. The third-order valence-corrected chi connectivity index (χ3v) is 5.76. The maximum absolute atomic E-state index is 6.21. The molecular formula is C20H17Cl2N3O3S. The molecular weight excluding hydrogens is 433 g/mol. The normalized spacial score (nSPS) is 13.6. The summed E-state index contributed by atoms with van der Waals surface area (Å²) in [5, 5.41) is 7.64. The van der Waals surface area contributed by atoms with Crippen LogP contribution in [0, 0.1) is 0 Å². The standard InChI is InChI=1S/C20H17Cl2N3O3S/c1-26-7-6-23-20-25(17(11-29-20)14-3-4-15(21)16(22)9-14)24-10-13-2-5-18-19(8-13)28-12-27-18/h2-5,8-11H,6-7,12H2,1H3/b23-20?,24-10+. The summed E-state index contributed by atoms with van der Waals surface area (Å²) in [5.74, 6) is 1.44. The van der Waals surface area contributed by atoms with E-state index in [-0.39, 0.29) is 6.79 Å². The zero-order valence-corrected chi connectivity index (χ0v) is 17.8. The summed E-state index contributed by atoms with van der Waals surface area (Å²) in [6.45, 7) is 1.31. The molecule has 0 fully saturated rings. The van der Waals surface area contributed by atoms with Gasteiger partial charge in [-0.1, -0.05) is 29.3 Å². The molecule has 0 atom stereocenters. The van der Waals surface area contributed by atoms with E-state index >= 15 is 0 Å². The van der Waals surface area contributed by atoms with Crippen LogP contribution in [0.4, 0.5) is 0 Å². The van der Waals surface area contributed by atoms with Gasteiger partial charge in [0, 0.05) is 18.1 Å². The molecule has 2 heterocycles. The molecule has 29 heavy (non-hydrogen) atoms. The molecule has 6 nitrogen and oxygen atoms in total. The lowest BCUT2D eigenvalue weighted by molar-refractivity contribution is 0.174. The first-order chi connectivity index (χ1) is 14.2. The van der Waals surface area contributed by atoms with Crippen LogP contribution in [-0.2, 0) is 4.74 Å². The number of rotatable bonds is 6. The zero-order chi connectivity index (χ0) is 20.2. The van der Waals surface area contributed by atoms with Crippen molar-refractivity contribution in [3.05, 3.63) is 62.2 Å². The molecule has 0 radical (unpaired) electrons. The van der Waals surface area contributed by atoms with E-state index in [1.807, 2.05) is 35.7 Å². The Morgan fingerprint density at radius 2 is 2.00 bits per heavy atom. The second kappa shape index (κ2) is 9.00. The van der Waals surface area contributed by atoms with Crippen LogP contribution in [0.15, 0.2) is 51.9 Å². The van der Waals surface area contributed by atoms with Gasteiger partial charge in [0.2, 0.25) is 11.6 Å². The highest BCUT2D eigenvalue weighted by atomic mass is 35.5. The maximum Gasteiger partial charge on any atom is 0.231 e. The lowest BCUT2D eigenvalue weighted by Gasteiger charge is -2.05. The molecule has 0 aliphatic carbocycles. The molecule has 0 bridgehead atoms. The van der Waals surface area contributed by atoms with Crippen LogP contribution in [0.3, 0.4) is 0 Å². The minimum atomic E-state index is 0.235. The fraction of sp³-hybridized carbons (Fsp3) is 0.200. The average molecular weight is 450 g/mol. The Labute approximate surface area is 181 Å². The van der Waals surface area contributed by atoms with Crippen molar-refractivity contribution >= 4 is 40.8 Å². The molecule has 9 heteroatoms. The van der Waals surface area contributed by atoms with Gasteiger partial charge < -0.3 is 14.2 Å². The molecule has 1 aliphatic heterocycles. The smallest absolute Gasteiger partial charge is 0.231 e. The highest BCUT2D eigenvalue weighted by Crippen LogP contribution is 2.32. The van der Waals surface area contributed by atoms with Crippen LogP contribution in [0.1, 0.15) is 5.56 Å². The molecule has 1 aromatic heterocycles. The van der Waals surface area contributed by atoms with E-state index in [1.165, 1.54) is 11.3 Å². The van der Waals surface area contributed by atoms with Crippen molar-refractivity contribution in [1.29, 1.82) is 0 Å². The van der Waals surface area contributed by atoms with Crippen LogP contribution >= 0.6 is 34.5 Å². The van der Waals surface area contributed by atoms with Gasteiger partial charge in [0.1, 0.15) is 0 Å². The number of methoxy groups -OCH3 is 1. The minimum absolute atomic E-state index is 0.235. The Morgan fingerprint density at radius 3 is 2.83 bits per heavy atom. The van der Waals surface area contributed by atoms with E-state index in [2.05, 4.69) is 10.1 Å². The van der Waals surface area contributed by atoms with E-state index in [4.69, 9.17) is 37.4 Å². The highest BCUT2D eigenvalue weighted by molar-refractivity contribution is 7.07. The van der Waals surface area contributed by atoms with E-state index in [0.29, 0.717) is 28.9 Å². The predicted molar refractivity (Wildman–Crippen MR) is 116 cm³/mol. The Kier molecular flexibility index (Phi) is 6.20. The molecule has 0 saturated heterocycles. The molecule has 150 valence electrons. The van der Waals surface area contributed by atoms with Crippen LogP contribution in [0.5, 0.6) is 11.5 Å².